The summed E-state index contributed by atoms with van der Waals surface area (Å²) in [4.78, 5) is 11.4. The van der Waals surface area contributed by atoms with Crippen LogP contribution in [0.5, 0.6) is 0 Å². The molecule has 0 aromatic rings. The molecule has 1 heterocycles. The van der Waals surface area contributed by atoms with Crippen molar-refractivity contribution in [2.24, 2.45) is 0 Å². The van der Waals surface area contributed by atoms with Crippen LogP contribution in [0.4, 0.5) is 0 Å². The Balaban J connectivity index is 2.13. The molecular formula is C10H19NO3. The minimum atomic E-state index is -0.426. The molecule has 1 aliphatic rings. The summed E-state index contributed by atoms with van der Waals surface area (Å²) >= 11 is 0. The summed E-state index contributed by atoms with van der Waals surface area (Å²) in [5.41, 5.74) is 0. The number of hydrogen-bond acceptors (Lipinski definition) is 3. The molecule has 0 aromatic carbocycles. The quantitative estimate of drug-likeness (QED) is 0.678. The Hall–Kier alpha value is -0.610. The molecule has 1 amide bonds. The second-order valence-electron chi connectivity index (χ2n) is 3.69. The number of amides is 1. The fourth-order valence-electron chi connectivity index (χ4n) is 1.55. The lowest BCUT2D eigenvalue weighted by Gasteiger charge is -2.13. The van der Waals surface area contributed by atoms with Crippen LogP contribution in [0.15, 0.2) is 0 Å². The van der Waals surface area contributed by atoms with Crippen LogP contribution in [0.3, 0.4) is 0 Å². The lowest BCUT2D eigenvalue weighted by molar-refractivity contribution is -0.130. The predicted octanol–water partition coefficient (Wildman–Crippen LogP) is 0.443. The maximum Gasteiger partial charge on any atom is 0.249 e. The molecule has 82 valence electrons. The molecule has 1 unspecified atom stereocenters. The van der Waals surface area contributed by atoms with Crippen LogP contribution >= 0.6 is 0 Å². The Kier molecular flexibility index (Phi) is 4.90. The van der Waals surface area contributed by atoms with E-state index in [0.717, 1.165) is 25.7 Å². The number of ether oxygens (including phenoxy) is 1. The molecule has 4 heteroatoms. The lowest BCUT2D eigenvalue weighted by atomic mass is 10.2. The second kappa shape index (κ2) is 5.98. The van der Waals surface area contributed by atoms with E-state index in [1.54, 1.807) is 0 Å². The highest BCUT2D eigenvalue weighted by Crippen LogP contribution is 2.11. The Morgan fingerprint density at radius 1 is 1.71 bits per heavy atom. The Morgan fingerprint density at radius 3 is 3.07 bits per heavy atom. The van der Waals surface area contributed by atoms with Gasteiger partial charge in [0, 0.05) is 13.2 Å². The largest absolute Gasteiger partial charge is 0.391 e. The summed E-state index contributed by atoms with van der Waals surface area (Å²) in [6, 6.07) is 0. The standard InChI is InChI=1S/C10H19NO3/c1-2-4-8(12)7-11-10(13)9-5-3-6-14-9/h8-9,12H,2-7H2,1H3,(H,11,13)/t8?,9-/m1/s1. The lowest BCUT2D eigenvalue weighted by Crippen LogP contribution is -2.38. The van der Waals surface area contributed by atoms with Crippen molar-refractivity contribution in [1.82, 2.24) is 5.32 Å². The summed E-state index contributed by atoms with van der Waals surface area (Å²) in [6.45, 7) is 3.02. The van der Waals surface area contributed by atoms with Crippen molar-refractivity contribution in [2.75, 3.05) is 13.2 Å². The average molecular weight is 201 g/mol. The van der Waals surface area contributed by atoms with Crippen LogP contribution in [0.25, 0.3) is 0 Å². The molecule has 0 spiro atoms. The number of aliphatic hydroxyl groups excluding tert-OH is 1. The molecule has 0 aliphatic carbocycles. The first kappa shape index (κ1) is 11.5. The normalized spacial score (nSPS) is 23.4. The summed E-state index contributed by atoms with van der Waals surface area (Å²) in [5, 5.41) is 12.1. The van der Waals surface area contributed by atoms with Gasteiger partial charge < -0.3 is 15.2 Å². The minimum Gasteiger partial charge on any atom is -0.391 e. The van der Waals surface area contributed by atoms with Gasteiger partial charge in [-0.1, -0.05) is 13.3 Å². The molecule has 2 N–H and O–H groups in total. The smallest absolute Gasteiger partial charge is 0.249 e. The molecule has 1 rings (SSSR count). The number of nitrogens with one attached hydrogen (secondary N) is 1. The van der Waals surface area contributed by atoms with Gasteiger partial charge in [-0.2, -0.15) is 0 Å². The van der Waals surface area contributed by atoms with Gasteiger partial charge in [0.15, 0.2) is 0 Å². The van der Waals surface area contributed by atoms with E-state index in [-0.39, 0.29) is 12.0 Å². The molecule has 2 atom stereocenters. The van der Waals surface area contributed by atoms with Crippen LogP contribution in [-0.4, -0.2) is 36.4 Å². The molecule has 0 bridgehead atoms. The third-order valence-electron chi connectivity index (χ3n) is 2.36. The van der Waals surface area contributed by atoms with Crippen LogP contribution in [0, 0.1) is 0 Å². The van der Waals surface area contributed by atoms with Crippen LogP contribution in [0.1, 0.15) is 32.6 Å². The van der Waals surface area contributed by atoms with Gasteiger partial charge in [-0.3, -0.25) is 4.79 Å². The van der Waals surface area contributed by atoms with Gasteiger partial charge in [-0.05, 0) is 19.3 Å². The van der Waals surface area contributed by atoms with Crippen molar-refractivity contribution < 1.29 is 14.6 Å². The monoisotopic (exact) mass is 201 g/mol. The fourth-order valence-corrected chi connectivity index (χ4v) is 1.55. The van der Waals surface area contributed by atoms with Crippen molar-refractivity contribution in [2.45, 2.75) is 44.8 Å². The van der Waals surface area contributed by atoms with Crippen molar-refractivity contribution >= 4 is 5.91 Å². The van der Waals surface area contributed by atoms with E-state index in [2.05, 4.69) is 5.32 Å². The van der Waals surface area contributed by atoms with E-state index in [1.165, 1.54) is 0 Å². The molecular weight excluding hydrogens is 182 g/mol. The number of hydrogen-bond donors (Lipinski definition) is 2. The Bertz CT molecular complexity index is 178. The summed E-state index contributed by atoms with van der Waals surface area (Å²) in [5.74, 6) is -0.0855. The third kappa shape index (κ3) is 3.64. The molecule has 1 fully saturated rings. The SMILES string of the molecule is CCCC(O)CNC(=O)[C@H]1CCCO1. The number of aliphatic hydroxyl groups is 1. The number of carbonyl (C=O) groups excluding carboxylic acids is 1. The first-order chi connectivity index (χ1) is 6.74. The maximum atomic E-state index is 11.4. The van der Waals surface area contributed by atoms with Gasteiger partial charge in [0.05, 0.1) is 6.10 Å². The van der Waals surface area contributed by atoms with Gasteiger partial charge in [-0.25, -0.2) is 0 Å². The first-order valence-electron chi connectivity index (χ1n) is 5.31. The zero-order chi connectivity index (χ0) is 10.4. The number of carbonyl (C=O) groups is 1. The Morgan fingerprint density at radius 2 is 2.50 bits per heavy atom. The average Bonchev–Trinajstić information content (AvgIpc) is 2.67. The zero-order valence-corrected chi connectivity index (χ0v) is 8.66. The molecule has 14 heavy (non-hydrogen) atoms. The topological polar surface area (TPSA) is 58.6 Å². The van der Waals surface area contributed by atoms with E-state index in [4.69, 9.17) is 4.74 Å². The minimum absolute atomic E-state index is 0.0855. The van der Waals surface area contributed by atoms with Crippen molar-refractivity contribution in [1.29, 1.82) is 0 Å². The van der Waals surface area contributed by atoms with Crippen molar-refractivity contribution in [3.05, 3.63) is 0 Å². The van der Waals surface area contributed by atoms with Crippen LogP contribution in [0.2, 0.25) is 0 Å². The maximum absolute atomic E-state index is 11.4. The summed E-state index contributed by atoms with van der Waals surface area (Å²) in [7, 11) is 0. The van der Waals surface area contributed by atoms with Gasteiger partial charge >= 0.3 is 0 Å². The number of rotatable bonds is 5. The van der Waals surface area contributed by atoms with Gasteiger partial charge in [0.25, 0.3) is 0 Å². The van der Waals surface area contributed by atoms with E-state index < -0.39 is 6.10 Å². The summed E-state index contributed by atoms with van der Waals surface area (Å²) in [6.07, 6.45) is 2.70. The molecule has 1 aliphatic heterocycles. The van der Waals surface area contributed by atoms with Crippen molar-refractivity contribution in [3.63, 3.8) is 0 Å². The summed E-state index contributed by atoms with van der Waals surface area (Å²) < 4.78 is 5.21. The van der Waals surface area contributed by atoms with E-state index in [1.807, 2.05) is 6.92 Å². The molecule has 0 aromatic heterocycles. The fraction of sp³-hybridized carbons (Fsp3) is 0.900. The Labute approximate surface area is 84.6 Å². The molecule has 0 radical (unpaired) electrons. The highest BCUT2D eigenvalue weighted by atomic mass is 16.5. The molecule has 1 saturated heterocycles. The van der Waals surface area contributed by atoms with E-state index >= 15 is 0 Å². The first-order valence-corrected chi connectivity index (χ1v) is 5.31. The highest BCUT2D eigenvalue weighted by molar-refractivity contribution is 5.80. The van der Waals surface area contributed by atoms with Crippen LogP contribution < -0.4 is 5.32 Å². The van der Waals surface area contributed by atoms with Crippen molar-refractivity contribution in [3.8, 4) is 0 Å². The van der Waals surface area contributed by atoms with Gasteiger partial charge in [0.2, 0.25) is 5.91 Å². The predicted molar refractivity (Wildman–Crippen MR) is 52.9 cm³/mol. The molecule has 4 nitrogen and oxygen atoms in total. The third-order valence-corrected chi connectivity index (χ3v) is 2.36. The molecule has 0 saturated carbocycles. The zero-order valence-electron chi connectivity index (χ0n) is 8.66. The van der Waals surface area contributed by atoms with Gasteiger partial charge in [-0.15, -0.1) is 0 Å². The van der Waals surface area contributed by atoms with E-state index in [9.17, 15) is 9.90 Å². The van der Waals surface area contributed by atoms with Gasteiger partial charge in [0.1, 0.15) is 6.10 Å². The second-order valence-corrected chi connectivity index (χ2v) is 3.69. The van der Waals surface area contributed by atoms with Crippen LogP contribution in [-0.2, 0) is 9.53 Å². The highest BCUT2D eigenvalue weighted by Gasteiger charge is 2.23. The van der Waals surface area contributed by atoms with E-state index in [0.29, 0.717) is 13.2 Å².